The molecule has 0 aliphatic heterocycles. The number of halogens is 3. The van der Waals surface area contributed by atoms with E-state index in [1.807, 2.05) is 5.32 Å². The normalized spacial score (nSPS) is 15.0. The average Bonchev–Trinajstić information content (AvgIpc) is 3.25. The van der Waals surface area contributed by atoms with Gasteiger partial charge in [0.25, 0.3) is 0 Å². The third-order valence-corrected chi connectivity index (χ3v) is 5.07. The Labute approximate surface area is 179 Å². The zero-order valence-corrected chi connectivity index (χ0v) is 16.5. The number of carbonyl (C=O) groups is 1. The van der Waals surface area contributed by atoms with Crippen molar-refractivity contribution >= 4 is 17.2 Å². The maximum atomic E-state index is 13.5. The highest BCUT2D eigenvalue weighted by Gasteiger charge is 2.42. The number of nitrogens with one attached hydrogen (secondary N) is 3. The molecule has 0 aromatic carbocycles. The Kier molecular flexibility index (Phi) is 4.76. The highest BCUT2D eigenvalue weighted by molar-refractivity contribution is 5.88. The number of alkyl halides is 3. The summed E-state index contributed by atoms with van der Waals surface area (Å²) < 4.78 is 42.1. The molecule has 4 aromatic heterocycles. The number of rotatable bonds is 5. The van der Waals surface area contributed by atoms with Gasteiger partial charge < -0.3 is 15.6 Å². The van der Waals surface area contributed by atoms with E-state index < -0.39 is 18.2 Å². The van der Waals surface area contributed by atoms with Gasteiger partial charge in [-0.2, -0.15) is 18.3 Å². The van der Waals surface area contributed by atoms with Crippen molar-refractivity contribution in [2.24, 2.45) is 0 Å². The number of urea groups is 1. The maximum absolute atomic E-state index is 13.5. The van der Waals surface area contributed by atoms with Gasteiger partial charge in [0.1, 0.15) is 5.52 Å². The zero-order chi connectivity index (χ0) is 22.3. The minimum Gasteiger partial charge on any atom is -0.335 e. The molecule has 0 bridgehead atoms. The van der Waals surface area contributed by atoms with Crippen LogP contribution in [0.25, 0.3) is 28.1 Å². The number of hydrogen-bond acceptors (Lipinski definition) is 5. The first-order valence-electron chi connectivity index (χ1n) is 9.82. The number of aromatic nitrogens is 6. The summed E-state index contributed by atoms with van der Waals surface area (Å²) in [6.45, 7) is 0. The third-order valence-electron chi connectivity index (χ3n) is 5.07. The van der Waals surface area contributed by atoms with Gasteiger partial charge in [0.05, 0.1) is 12.5 Å². The zero-order valence-electron chi connectivity index (χ0n) is 16.5. The smallest absolute Gasteiger partial charge is 0.335 e. The average molecular weight is 442 g/mol. The van der Waals surface area contributed by atoms with Crippen molar-refractivity contribution in [1.29, 1.82) is 0 Å². The second-order valence-corrected chi connectivity index (χ2v) is 7.45. The van der Waals surface area contributed by atoms with Crippen molar-refractivity contribution in [3.8, 4) is 16.9 Å². The number of nitrogens with zero attached hydrogens (tertiary/aromatic N) is 5. The van der Waals surface area contributed by atoms with E-state index in [1.165, 1.54) is 16.8 Å². The number of pyridine rings is 2. The molecule has 4 heterocycles. The molecule has 4 aromatic rings. The van der Waals surface area contributed by atoms with Gasteiger partial charge in [-0.3, -0.25) is 0 Å². The van der Waals surface area contributed by atoms with E-state index in [1.54, 1.807) is 31.0 Å². The lowest BCUT2D eigenvalue weighted by molar-refractivity contribution is -0.155. The van der Waals surface area contributed by atoms with Gasteiger partial charge >= 0.3 is 12.2 Å². The predicted octanol–water partition coefficient (Wildman–Crippen LogP) is 3.27. The molecule has 0 saturated heterocycles. The number of amides is 2. The molecule has 0 spiro atoms. The first-order chi connectivity index (χ1) is 15.4. The minimum absolute atomic E-state index is 0.0542. The fourth-order valence-corrected chi connectivity index (χ4v) is 3.31. The van der Waals surface area contributed by atoms with E-state index in [4.69, 9.17) is 0 Å². The fraction of sp³-hybridized carbons (Fsp3) is 0.250. The molecule has 12 heteroatoms. The topological polar surface area (TPSA) is 113 Å². The lowest BCUT2D eigenvalue weighted by Gasteiger charge is -2.22. The molecule has 1 saturated carbocycles. The molecule has 1 aliphatic carbocycles. The van der Waals surface area contributed by atoms with Crippen molar-refractivity contribution in [3.05, 3.63) is 54.9 Å². The van der Waals surface area contributed by atoms with Crippen LogP contribution in [-0.4, -0.2) is 48.0 Å². The molecule has 3 N–H and O–H groups in total. The second-order valence-electron chi connectivity index (χ2n) is 7.45. The summed E-state index contributed by atoms with van der Waals surface area (Å²) in [4.78, 5) is 27.4. The van der Waals surface area contributed by atoms with Crippen LogP contribution in [0, 0.1) is 0 Å². The number of H-pyrrole nitrogens is 1. The minimum atomic E-state index is -4.67. The molecule has 2 amide bonds. The Morgan fingerprint density at radius 3 is 2.72 bits per heavy atom. The maximum Gasteiger partial charge on any atom is 0.412 e. The van der Waals surface area contributed by atoms with Crippen molar-refractivity contribution in [2.75, 3.05) is 0 Å². The quantitative estimate of drug-likeness (QED) is 0.439. The summed E-state index contributed by atoms with van der Waals surface area (Å²) in [5, 5.41) is 8.75. The highest BCUT2D eigenvalue weighted by Crippen LogP contribution is 2.33. The lowest BCUT2D eigenvalue weighted by atomic mass is 10.1. The molecule has 1 fully saturated rings. The van der Waals surface area contributed by atoms with E-state index >= 15 is 0 Å². The van der Waals surface area contributed by atoms with E-state index in [2.05, 4.69) is 30.4 Å². The van der Waals surface area contributed by atoms with Crippen LogP contribution in [-0.2, 0) is 0 Å². The third kappa shape index (κ3) is 3.98. The second kappa shape index (κ2) is 7.62. The van der Waals surface area contributed by atoms with Crippen LogP contribution in [0.1, 0.15) is 24.4 Å². The van der Waals surface area contributed by atoms with Crippen LogP contribution in [0.5, 0.6) is 0 Å². The SMILES string of the molecule is O=C(NC1CC1)NC(c1ccc(-n2cc(-c3ccnc4[nH]cnc34)cn2)nc1)C(F)(F)F. The molecular weight excluding hydrogens is 425 g/mol. The van der Waals surface area contributed by atoms with Gasteiger partial charge in [-0.1, -0.05) is 6.07 Å². The molecule has 164 valence electrons. The largest absolute Gasteiger partial charge is 0.412 e. The first kappa shape index (κ1) is 20.0. The van der Waals surface area contributed by atoms with Crippen molar-refractivity contribution < 1.29 is 18.0 Å². The standard InChI is InChI=1S/C20H17F3N8O/c21-20(22,23)17(30-19(32)29-13-2-3-13)11-1-4-15(25-7-11)31-9-12(8-28-31)14-5-6-24-18-16(14)26-10-27-18/h1,4-10,13,17H,2-3H2,(H,24,26,27)(H2,29,30,32). The van der Waals surface area contributed by atoms with Gasteiger partial charge in [-0.25, -0.2) is 24.4 Å². The van der Waals surface area contributed by atoms with Crippen molar-refractivity contribution in [2.45, 2.75) is 31.1 Å². The number of fused-ring (bicyclic) bond motifs is 1. The first-order valence-corrected chi connectivity index (χ1v) is 9.82. The van der Waals surface area contributed by atoms with E-state index in [9.17, 15) is 18.0 Å². The predicted molar refractivity (Wildman–Crippen MR) is 108 cm³/mol. The van der Waals surface area contributed by atoms with E-state index in [0.717, 1.165) is 30.2 Å². The molecular formula is C20H17F3N8O. The summed E-state index contributed by atoms with van der Waals surface area (Å²) in [6.07, 6.45) is 4.47. The van der Waals surface area contributed by atoms with Crippen LogP contribution in [0.2, 0.25) is 0 Å². The van der Waals surface area contributed by atoms with E-state index in [-0.39, 0.29) is 11.6 Å². The molecule has 32 heavy (non-hydrogen) atoms. The molecule has 0 radical (unpaired) electrons. The summed E-state index contributed by atoms with van der Waals surface area (Å²) in [5.74, 6) is 0.329. The van der Waals surface area contributed by atoms with E-state index in [0.29, 0.717) is 17.0 Å². The molecule has 5 rings (SSSR count). The fourth-order valence-electron chi connectivity index (χ4n) is 3.31. The van der Waals surface area contributed by atoms with Gasteiger partial charge in [-0.15, -0.1) is 0 Å². The highest BCUT2D eigenvalue weighted by atomic mass is 19.4. The van der Waals surface area contributed by atoms with Gasteiger partial charge in [0.15, 0.2) is 17.5 Å². The number of carbonyl (C=O) groups excluding carboxylic acids is 1. The Hall–Kier alpha value is -3.96. The van der Waals surface area contributed by atoms with Gasteiger partial charge in [0.2, 0.25) is 0 Å². The van der Waals surface area contributed by atoms with Crippen molar-refractivity contribution in [3.63, 3.8) is 0 Å². The summed E-state index contributed by atoms with van der Waals surface area (Å²) in [6, 6.07) is 1.42. The number of hydrogen-bond donors (Lipinski definition) is 3. The Morgan fingerprint density at radius 2 is 2.00 bits per heavy atom. The molecule has 9 nitrogen and oxygen atoms in total. The summed E-state index contributed by atoms with van der Waals surface area (Å²) >= 11 is 0. The van der Waals surface area contributed by atoms with Crippen LogP contribution in [0.3, 0.4) is 0 Å². The summed E-state index contributed by atoms with van der Waals surface area (Å²) in [7, 11) is 0. The van der Waals surface area contributed by atoms with Crippen LogP contribution < -0.4 is 10.6 Å². The Morgan fingerprint density at radius 1 is 1.16 bits per heavy atom. The Bertz CT molecular complexity index is 1260. The lowest BCUT2D eigenvalue weighted by Crippen LogP contribution is -2.44. The number of imidazole rings is 1. The monoisotopic (exact) mass is 442 g/mol. The number of aromatic amines is 1. The van der Waals surface area contributed by atoms with Crippen molar-refractivity contribution in [1.82, 2.24) is 40.3 Å². The molecule has 1 aliphatic rings. The van der Waals surface area contributed by atoms with Crippen LogP contribution >= 0.6 is 0 Å². The summed E-state index contributed by atoms with van der Waals surface area (Å²) in [5.41, 5.74) is 2.70. The van der Waals surface area contributed by atoms with Crippen LogP contribution in [0.15, 0.2) is 49.3 Å². The molecule has 1 atom stereocenters. The molecule has 1 unspecified atom stereocenters. The van der Waals surface area contributed by atoms with Gasteiger partial charge in [-0.05, 0) is 25.0 Å². The van der Waals surface area contributed by atoms with Gasteiger partial charge in [0, 0.05) is 41.3 Å². The van der Waals surface area contributed by atoms with Crippen LogP contribution in [0.4, 0.5) is 18.0 Å². The Balaban J connectivity index is 1.38.